The van der Waals surface area contributed by atoms with Crippen molar-refractivity contribution in [2.75, 3.05) is 17.4 Å². The Hall–Kier alpha value is -5.19. The molecule has 0 spiro atoms. The van der Waals surface area contributed by atoms with Crippen LogP contribution in [-0.4, -0.2) is 32.5 Å². The van der Waals surface area contributed by atoms with E-state index in [2.05, 4.69) is 25.8 Å². The zero-order chi connectivity index (χ0) is 25.2. The van der Waals surface area contributed by atoms with Crippen LogP contribution in [0.2, 0.25) is 0 Å². The Bertz CT molecular complexity index is 1580. The largest absolute Gasteiger partial charge is 0.454 e. The standard InChI is InChI=1S/C26H19FN6O4/c27-18-3-1-2-17(10-18)24-31-25(37-32-24)21-13-33(14-28-21)12-16-4-6-19(7-5-16)29-26(34)30-20-8-9-22-23(11-20)36-15-35-22/h1-11,13-14H,12,15H2,(H2,29,30,34). The van der Waals surface area contributed by atoms with Crippen molar-refractivity contribution < 1.29 is 23.2 Å². The number of carbonyl (C=O) groups is 1. The van der Waals surface area contributed by atoms with Crippen LogP contribution in [0.3, 0.4) is 0 Å². The average Bonchev–Trinajstić information content (AvgIpc) is 3.66. The molecule has 37 heavy (non-hydrogen) atoms. The van der Waals surface area contributed by atoms with Crippen LogP contribution in [0, 0.1) is 5.82 Å². The monoisotopic (exact) mass is 498 g/mol. The molecule has 6 rings (SSSR count). The molecule has 0 bridgehead atoms. The number of amides is 2. The van der Waals surface area contributed by atoms with Gasteiger partial charge in [0.15, 0.2) is 11.5 Å². The number of imidazole rings is 1. The number of benzene rings is 3. The molecule has 0 atom stereocenters. The van der Waals surface area contributed by atoms with Gasteiger partial charge in [-0.2, -0.15) is 4.98 Å². The molecule has 0 saturated carbocycles. The minimum Gasteiger partial charge on any atom is -0.454 e. The first-order valence-electron chi connectivity index (χ1n) is 11.3. The number of hydrogen-bond acceptors (Lipinski definition) is 7. The number of hydrogen-bond donors (Lipinski definition) is 2. The van der Waals surface area contributed by atoms with E-state index in [1.807, 2.05) is 28.8 Å². The summed E-state index contributed by atoms with van der Waals surface area (Å²) in [4.78, 5) is 21.0. The first kappa shape index (κ1) is 22.3. The normalized spacial score (nSPS) is 11.9. The van der Waals surface area contributed by atoms with Gasteiger partial charge in [0.1, 0.15) is 11.5 Å². The Kier molecular flexibility index (Phi) is 5.70. The Morgan fingerprint density at radius 1 is 0.973 bits per heavy atom. The Balaban J connectivity index is 1.06. The summed E-state index contributed by atoms with van der Waals surface area (Å²) in [6, 6.07) is 18.3. The molecule has 0 unspecified atom stereocenters. The summed E-state index contributed by atoms with van der Waals surface area (Å²) in [5.41, 5.74) is 3.26. The van der Waals surface area contributed by atoms with E-state index >= 15 is 0 Å². The predicted molar refractivity (Wildman–Crippen MR) is 132 cm³/mol. The number of urea groups is 1. The van der Waals surface area contributed by atoms with E-state index in [1.165, 1.54) is 12.1 Å². The molecule has 11 heteroatoms. The predicted octanol–water partition coefficient (Wildman–Crippen LogP) is 5.16. The molecule has 3 heterocycles. The number of nitrogens with one attached hydrogen (secondary N) is 2. The maximum atomic E-state index is 13.5. The number of rotatable bonds is 6. The van der Waals surface area contributed by atoms with E-state index in [-0.39, 0.29) is 30.4 Å². The van der Waals surface area contributed by atoms with Gasteiger partial charge in [-0.15, -0.1) is 0 Å². The lowest BCUT2D eigenvalue weighted by molar-refractivity contribution is 0.174. The molecule has 0 aliphatic carbocycles. The quantitative estimate of drug-likeness (QED) is 0.332. The van der Waals surface area contributed by atoms with Crippen LogP contribution in [-0.2, 0) is 6.54 Å². The van der Waals surface area contributed by atoms with Gasteiger partial charge in [0, 0.05) is 35.7 Å². The van der Waals surface area contributed by atoms with Crippen LogP contribution >= 0.6 is 0 Å². The summed E-state index contributed by atoms with van der Waals surface area (Å²) < 4.78 is 31.3. The van der Waals surface area contributed by atoms with Crippen LogP contribution < -0.4 is 20.1 Å². The van der Waals surface area contributed by atoms with E-state index in [1.54, 1.807) is 42.9 Å². The fourth-order valence-corrected chi connectivity index (χ4v) is 3.80. The number of halogens is 1. The van der Waals surface area contributed by atoms with Crippen molar-refractivity contribution in [1.29, 1.82) is 0 Å². The summed E-state index contributed by atoms with van der Waals surface area (Å²) in [5.74, 6) is 1.40. The molecule has 1 aliphatic rings. The van der Waals surface area contributed by atoms with Gasteiger partial charge >= 0.3 is 6.03 Å². The van der Waals surface area contributed by atoms with Crippen LogP contribution in [0.4, 0.5) is 20.6 Å². The SMILES string of the molecule is O=C(Nc1ccc(Cn2cnc(-c3nc(-c4cccc(F)c4)no3)c2)cc1)Nc1ccc2c(c1)OCO2. The van der Waals surface area contributed by atoms with E-state index in [9.17, 15) is 9.18 Å². The van der Waals surface area contributed by atoms with Gasteiger partial charge in [0.25, 0.3) is 5.89 Å². The molecule has 0 saturated heterocycles. The topological polar surface area (TPSA) is 116 Å². The Morgan fingerprint density at radius 3 is 2.65 bits per heavy atom. The van der Waals surface area contributed by atoms with Crippen LogP contribution in [0.25, 0.3) is 23.0 Å². The highest BCUT2D eigenvalue weighted by molar-refractivity contribution is 5.99. The molecule has 0 fully saturated rings. The second kappa shape index (κ2) is 9.46. The van der Waals surface area contributed by atoms with Crippen LogP contribution in [0.1, 0.15) is 5.56 Å². The number of anilines is 2. The average molecular weight is 498 g/mol. The molecule has 3 aromatic carbocycles. The molecule has 2 N–H and O–H groups in total. The maximum Gasteiger partial charge on any atom is 0.323 e. The fraction of sp³-hybridized carbons (Fsp3) is 0.0769. The molecular formula is C26H19FN6O4. The zero-order valence-corrected chi connectivity index (χ0v) is 19.2. The summed E-state index contributed by atoms with van der Waals surface area (Å²) in [7, 11) is 0. The maximum absolute atomic E-state index is 13.5. The van der Waals surface area contributed by atoms with Crippen molar-refractivity contribution in [2.45, 2.75) is 6.54 Å². The highest BCUT2D eigenvalue weighted by Crippen LogP contribution is 2.34. The molecule has 184 valence electrons. The summed E-state index contributed by atoms with van der Waals surface area (Å²) in [6.45, 7) is 0.716. The lowest BCUT2D eigenvalue weighted by Crippen LogP contribution is -2.19. The summed E-state index contributed by atoms with van der Waals surface area (Å²) in [5, 5.41) is 9.49. The summed E-state index contributed by atoms with van der Waals surface area (Å²) in [6.07, 6.45) is 3.44. The molecule has 5 aromatic rings. The molecular weight excluding hydrogens is 479 g/mol. The second-order valence-corrected chi connectivity index (χ2v) is 8.21. The van der Waals surface area contributed by atoms with E-state index < -0.39 is 0 Å². The Morgan fingerprint density at radius 2 is 1.78 bits per heavy atom. The number of ether oxygens (including phenoxy) is 2. The number of aromatic nitrogens is 4. The second-order valence-electron chi connectivity index (χ2n) is 8.21. The summed E-state index contributed by atoms with van der Waals surface area (Å²) >= 11 is 0. The molecule has 2 amide bonds. The van der Waals surface area contributed by atoms with Gasteiger partial charge in [-0.3, -0.25) is 0 Å². The van der Waals surface area contributed by atoms with E-state index in [0.717, 1.165) is 5.56 Å². The first-order valence-corrected chi connectivity index (χ1v) is 11.3. The van der Waals surface area contributed by atoms with Gasteiger partial charge < -0.3 is 29.2 Å². The highest BCUT2D eigenvalue weighted by Gasteiger charge is 2.15. The number of nitrogens with zero attached hydrogens (tertiary/aromatic N) is 4. The third kappa shape index (κ3) is 4.96. The number of carbonyl (C=O) groups excluding carboxylic acids is 1. The van der Waals surface area contributed by atoms with Crippen LogP contribution in [0.15, 0.2) is 83.8 Å². The molecule has 2 aromatic heterocycles. The van der Waals surface area contributed by atoms with Crippen molar-refractivity contribution >= 4 is 17.4 Å². The van der Waals surface area contributed by atoms with Crippen LogP contribution in [0.5, 0.6) is 11.5 Å². The third-order valence-electron chi connectivity index (χ3n) is 5.57. The van der Waals surface area contributed by atoms with Crippen molar-refractivity contribution in [3.05, 3.63) is 90.6 Å². The lowest BCUT2D eigenvalue weighted by atomic mass is 10.2. The first-order chi connectivity index (χ1) is 18.1. The smallest absolute Gasteiger partial charge is 0.323 e. The van der Waals surface area contributed by atoms with Crippen molar-refractivity contribution in [1.82, 2.24) is 19.7 Å². The van der Waals surface area contributed by atoms with E-state index in [4.69, 9.17) is 14.0 Å². The highest BCUT2D eigenvalue weighted by atomic mass is 19.1. The van der Waals surface area contributed by atoms with Crippen molar-refractivity contribution in [3.63, 3.8) is 0 Å². The van der Waals surface area contributed by atoms with Gasteiger partial charge in [-0.25, -0.2) is 14.2 Å². The third-order valence-corrected chi connectivity index (χ3v) is 5.57. The van der Waals surface area contributed by atoms with E-state index in [0.29, 0.717) is 40.7 Å². The van der Waals surface area contributed by atoms with Crippen molar-refractivity contribution in [3.8, 4) is 34.5 Å². The van der Waals surface area contributed by atoms with Gasteiger partial charge in [0.05, 0.1) is 6.33 Å². The zero-order valence-electron chi connectivity index (χ0n) is 19.2. The molecule has 1 aliphatic heterocycles. The minimum absolute atomic E-state index is 0.173. The fourth-order valence-electron chi connectivity index (χ4n) is 3.80. The molecule has 0 radical (unpaired) electrons. The number of fused-ring (bicyclic) bond motifs is 1. The lowest BCUT2D eigenvalue weighted by Gasteiger charge is -2.09. The van der Waals surface area contributed by atoms with Crippen molar-refractivity contribution in [2.24, 2.45) is 0 Å². The van der Waals surface area contributed by atoms with Gasteiger partial charge in [-0.05, 0) is 42.0 Å². The van der Waals surface area contributed by atoms with Gasteiger partial charge in [0.2, 0.25) is 12.6 Å². The van der Waals surface area contributed by atoms with Gasteiger partial charge in [-0.1, -0.05) is 29.4 Å². The molecule has 10 nitrogen and oxygen atoms in total. The minimum atomic E-state index is -0.375. The Labute approximate surface area is 209 Å².